The standard InChI is InChI=1S/C16H22BrN5O/c1-23-12-13-6-4-5-9-21(10-13)11-16-18-19-20-22(16)15-8-3-2-7-14(15)17/h2-3,7-8,13H,4-6,9-12H2,1H3/t13-/m1/s1. The van der Waals surface area contributed by atoms with Crippen molar-refractivity contribution in [3.8, 4) is 5.69 Å². The van der Waals surface area contributed by atoms with E-state index in [1.165, 1.54) is 19.3 Å². The van der Waals surface area contributed by atoms with Gasteiger partial charge in [-0.2, -0.15) is 4.68 Å². The van der Waals surface area contributed by atoms with E-state index in [1.54, 1.807) is 7.11 Å². The predicted octanol–water partition coefficient (Wildman–Crippen LogP) is 2.67. The van der Waals surface area contributed by atoms with E-state index in [2.05, 4.69) is 36.4 Å². The maximum absolute atomic E-state index is 5.35. The number of ether oxygens (including phenoxy) is 1. The molecule has 2 heterocycles. The molecule has 3 rings (SSSR count). The molecule has 1 aliphatic heterocycles. The van der Waals surface area contributed by atoms with Gasteiger partial charge in [0.1, 0.15) is 0 Å². The van der Waals surface area contributed by atoms with Crippen molar-refractivity contribution >= 4 is 15.9 Å². The Kier molecular flexibility index (Phi) is 5.75. The molecule has 1 atom stereocenters. The zero-order valence-electron chi connectivity index (χ0n) is 13.4. The van der Waals surface area contributed by atoms with Crippen LogP contribution >= 0.6 is 15.9 Å². The lowest BCUT2D eigenvalue weighted by atomic mass is 10.0. The molecule has 23 heavy (non-hydrogen) atoms. The third kappa shape index (κ3) is 4.16. The first-order valence-corrected chi connectivity index (χ1v) is 8.80. The molecule has 1 aliphatic rings. The Hall–Kier alpha value is -1.31. The molecule has 1 aromatic heterocycles. The molecule has 2 aromatic rings. The molecule has 0 saturated carbocycles. The number of aromatic nitrogens is 4. The molecular formula is C16H22BrN5O. The van der Waals surface area contributed by atoms with Crippen molar-refractivity contribution in [1.29, 1.82) is 0 Å². The van der Waals surface area contributed by atoms with Crippen LogP contribution in [0.1, 0.15) is 25.1 Å². The van der Waals surface area contributed by atoms with Crippen LogP contribution < -0.4 is 0 Å². The molecule has 0 aliphatic carbocycles. The third-order valence-corrected chi connectivity index (χ3v) is 4.91. The smallest absolute Gasteiger partial charge is 0.170 e. The molecule has 0 spiro atoms. The highest BCUT2D eigenvalue weighted by Gasteiger charge is 2.21. The lowest BCUT2D eigenvalue weighted by Crippen LogP contribution is -2.31. The number of nitrogens with zero attached hydrogens (tertiary/aromatic N) is 5. The minimum absolute atomic E-state index is 0.593. The van der Waals surface area contributed by atoms with E-state index in [0.717, 1.165) is 42.2 Å². The van der Waals surface area contributed by atoms with Crippen molar-refractivity contribution in [1.82, 2.24) is 25.1 Å². The Bertz CT molecular complexity index is 632. The van der Waals surface area contributed by atoms with Crippen molar-refractivity contribution in [3.63, 3.8) is 0 Å². The molecule has 0 unspecified atom stereocenters. The van der Waals surface area contributed by atoms with Crippen LogP contribution in [0.4, 0.5) is 0 Å². The Labute approximate surface area is 144 Å². The zero-order valence-corrected chi connectivity index (χ0v) is 14.9. The molecule has 0 bridgehead atoms. The van der Waals surface area contributed by atoms with Crippen LogP contribution in [0.3, 0.4) is 0 Å². The fourth-order valence-corrected chi connectivity index (χ4v) is 3.60. The van der Waals surface area contributed by atoms with Gasteiger partial charge in [0.05, 0.1) is 18.8 Å². The van der Waals surface area contributed by atoms with Gasteiger partial charge < -0.3 is 4.74 Å². The Morgan fingerprint density at radius 3 is 3.00 bits per heavy atom. The van der Waals surface area contributed by atoms with Gasteiger partial charge >= 0.3 is 0 Å². The molecule has 1 saturated heterocycles. The second kappa shape index (κ2) is 7.99. The Balaban J connectivity index is 1.76. The summed E-state index contributed by atoms with van der Waals surface area (Å²) < 4.78 is 8.16. The molecule has 7 heteroatoms. The van der Waals surface area contributed by atoms with Crippen molar-refractivity contribution < 1.29 is 4.74 Å². The van der Waals surface area contributed by atoms with Gasteiger partial charge in [0.2, 0.25) is 0 Å². The number of tetrazole rings is 1. The maximum atomic E-state index is 5.35. The van der Waals surface area contributed by atoms with E-state index in [9.17, 15) is 0 Å². The van der Waals surface area contributed by atoms with Gasteiger partial charge in [-0.3, -0.25) is 4.90 Å². The summed E-state index contributed by atoms with van der Waals surface area (Å²) in [7, 11) is 1.78. The topological polar surface area (TPSA) is 56.1 Å². The van der Waals surface area contributed by atoms with E-state index >= 15 is 0 Å². The third-order valence-electron chi connectivity index (χ3n) is 4.24. The van der Waals surface area contributed by atoms with Crippen LogP contribution in [0, 0.1) is 5.92 Å². The quantitative estimate of drug-likeness (QED) is 0.799. The van der Waals surface area contributed by atoms with Crippen LogP contribution in [0.25, 0.3) is 5.69 Å². The number of benzene rings is 1. The predicted molar refractivity (Wildman–Crippen MR) is 91.3 cm³/mol. The number of hydrogen-bond acceptors (Lipinski definition) is 5. The van der Waals surface area contributed by atoms with Crippen molar-refractivity contribution in [2.45, 2.75) is 25.8 Å². The molecule has 0 N–H and O–H groups in total. The lowest BCUT2D eigenvalue weighted by Gasteiger charge is -2.23. The molecule has 124 valence electrons. The number of para-hydroxylation sites is 1. The first kappa shape index (κ1) is 16.5. The van der Waals surface area contributed by atoms with Crippen LogP contribution in [0.5, 0.6) is 0 Å². The molecule has 0 amide bonds. The van der Waals surface area contributed by atoms with Crippen LogP contribution in [0.2, 0.25) is 0 Å². The summed E-state index contributed by atoms with van der Waals surface area (Å²) in [6.45, 7) is 3.71. The maximum Gasteiger partial charge on any atom is 0.170 e. The highest BCUT2D eigenvalue weighted by Crippen LogP contribution is 2.22. The minimum Gasteiger partial charge on any atom is -0.384 e. The average Bonchev–Trinajstić information content (AvgIpc) is 2.88. The number of halogens is 1. The van der Waals surface area contributed by atoms with E-state index in [4.69, 9.17) is 4.74 Å². The van der Waals surface area contributed by atoms with E-state index in [0.29, 0.717) is 5.92 Å². The van der Waals surface area contributed by atoms with E-state index in [1.807, 2.05) is 28.9 Å². The first-order chi connectivity index (χ1) is 11.3. The summed E-state index contributed by atoms with van der Waals surface area (Å²) in [5.41, 5.74) is 0.968. The number of rotatable bonds is 5. The molecule has 6 nitrogen and oxygen atoms in total. The summed E-state index contributed by atoms with van der Waals surface area (Å²) >= 11 is 3.57. The molecule has 1 aromatic carbocycles. The van der Waals surface area contributed by atoms with Crippen molar-refractivity contribution in [3.05, 3.63) is 34.6 Å². The molecule has 0 radical (unpaired) electrons. The van der Waals surface area contributed by atoms with Gasteiger partial charge in [0.15, 0.2) is 5.82 Å². The van der Waals surface area contributed by atoms with Crippen LogP contribution in [0.15, 0.2) is 28.7 Å². The minimum atomic E-state index is 0.593. The lowest BCUT2D eigenvalue weighted by molar-refractivity contribution is 0.123. The van der Waals surface area contributed by atoms with E-state index in [-0.39, 0.29) is 0 Å². The fraction of sp³-hybridized carbons (Fsp3) is 0.562. The number of hydrogen-bond donors (Lipinski definition) is 0. The van der Waals surface area contributed by atoms with Crippen molar-refractivity contribution in [2.75, 3.05) is 26.8 Å². The summed E-state index contributed by atoms with van der Waals surface area (Å²) in [5, 5.41) is 12.3. The zero-order chi connectivity index (χ0) is 16.1. The van der Waals surface area contributed by atoms with Crippen molar-refractivity contribution in [2.24, 2.45) is 5.92 Å². The van der Waals surface area contributed by atoms with Gasteiger partial charge in [-0.25, -0.2) is 0 Å². The second-order valence-electron chi connectivity index (χ2n) is 6.01. The largest absolute Gasteiger partial charge is 0.384 e. The van der Waals surface area contributed by atoms with E-state index < -0.39 is 0 Å². The van der Waals surface area contributed by atoms with Gasteiger partial charge in [-0.1, -0.05) is 18.6 Å². The summed E-state index contributed by atoms with van der Waals surface area (Å²) in [4.78, 5) is 2.44. The van der Waals surface area contributed by atoms with Gasteiger partial charge in [0, 0.05) is 18.1 Å². The van der Waals surface area contributed by atoms with Crippen LogP contribution in [-0.4, -0.2) is 51.9 Å². The number of likely N-dealkylation sites (tertiary alicyclic amines) is 1. The van der Waals surface area contributed by atoms with Gasteiger partial charge in [-0.15, -0.1) is 5.10 Å². The monoisotopic (exact) mass is 379 g/mol. The average molecular weight is 380 g/mol. The summed E-state index contributed by atoms with van der Waals surface area (Å²) in [6, 6.07) is 8.00. The van der Waals surface area contributed by atoms with Gasteiger partial charge in [-0.05, 0) is 63.8 Å². The molecule has 1 fully saturated rings. The van der Waals surface area contributed by atoms with Gasteiger partial charge in [0.25, 0.3) is 0 Å². The Morgan fingerprint density at radius 1 is 1.30 bits per heavy atom. The second-order valence-corrected chi connectivity index (χ2v) is 6.86. The normalized spacial score (nSPS) is 19.7. The SMILES string of the molecule is COC[C@@H]1CCCCN(Cc2nnnn2-c2ccccc2Br)C1. The summed E-state index contributed by atoms with van der Waals surface area (Å²) in [6.07, 6.45) is 3.72. The highest BCUT2D eigenvalue weighted by molar-refractivity contribution is 9.10. The highest BCUT2D eigenvalue weighted by atomic mass is 79.9. The Morgan fingerprint density at radius 2 is 2.17 bits per heavy atom. The fourth-order valence-electron chi connectivity index (χ4n) is 3.15. The summed E-state index contributed by atoms with van der Waals surface area (Å²) in [5.74, 6) is 1.46. The first-order valence-electron chi connectivity index (χ1n) is 8.01. The molecular weight excluding hydrogens is 358 g/mol. The van der Waals surface area contributed by atoms with Crippen LogP contribution in [-0.2, 0) is 11.3 Å². The number of methoxy groups -OCH3 is 1.